The van der Waals surface area contributed by atoms with Crippen molar-refractivity contribution >= 4 is 5.91 Å². The van der Waals surface area contributed by atoms with Crippen molar-refractivity contribution in [1.82, 2.24) is 5.32 Å². The van der Waals surface area contributed by atoms with Crippen LogP contribution >= 0.6 is 0 Å². The third-order valence-corrected chi connectivity index (χ3v) is 6.09. The molecule has 4 atom stereocenters. The fourth-order valence-electron chi connectivity index (χ4n) is 4.82. The molecule has 1 aromatic carbocycles. The molecule has 0 spiro atoms. The van der Waals surface area contributed by atoms with E-state index in [9.17, 15) is 4.79 Å². The summed E-state index contributed by atoms with van der Waals surface area (Å²) in [7, 11) is 0. The van der Waals surface area contributed by atoms with E-state index in [2.05, 4.69) is 17.4 Å². The predicted octanol–water partition coefficient (Wildman–Crippen LogP) is 3.64. The number of aryl methyl sites for hydroxylation is 1. The van der Waals surface area contributed by atoms with Crippen molar-refractivity contribution in [3.63, 3.8) is 0 Å². The van der Waals surface area contributed by atoms with E-state index in [0.29, 0.717) is 12.0 Å². The van der Waals surface area contributed by atoms with Crippen LogP contribution in [0.25, 0.3) is 0 Å². The molecule has 0 saturated heterocycles. The van der Waals surface area contributed by atoms with Crippen LogP contribution in [0.2, 0.25) is 0 Å². The van der Waals surface area contributed by atoms with Gasteiger partial charge in [-0.3, -0.25) is 4.79 Å². The molecule has 124 valence electrons. The van der Waals surface area contributed by atoms with Gasteiger partial charge in [-0.25, -0.2) is 0 Å². The van der Waals surface area contributed by atoms with Gasteiger partial charge in [0.05, 0.1) is 0 Å². The van der Waals surface area contributed by atoms with Crippen LogP contribution in [0.4, 0.5) is 0 Å². The van der Waals surface area contributed by atoms with Crippen molar-refractivity contribution in [2.45, 2.75) is 70.4 Å². The lowest BCUT2D eigenvalue weighted by Crippen LogP contribution is -2.44. The van der Waals surface area contributed by atoms with Gasteiger partial charge in [-0.15, -0.1) is 0 Å². The average molecular weight is 313 g/mol. The molecule has 1 amide bonds. The molecule has 1 aromatic rings. The summed E-state index contributed by atoms with van der Waals surface area (Å²) in [5.41, 5.74) is 2.72. The Morgan fingerprint density at radius 2 is 2.09 bits per heavy atom. The highest BCUT2D eigenvalue weighted by atomic mass is 16.5. The minimum atomic E-state index is -0.414. The van der Waals surface area contributed by atoms with E-state index >= 15 is 0 Å². The number of hydrogen-bond donors (Lipinski definition) is 1. The summed E-state index contributed by atoms with van der Waals surface area (Å²) in [6, 6.07) is 6.66. The smallest absolute Gasteiger partial charge is 0.261 e. The van der Waals surface area contributed by atoms with E-state index in [1.54, 1.807) is 0 Å². The molecule has 3 heteroatoms. The number of rotatable bonds is 4. The maximum atomic E-state index is 12.5. The van der Waals surface area contributed by atoms with Gasteiger partial charge in [0.2, 0.25) is 0 Å². The van der Waals surface area contributed by atoms with Crippen LogP contribution in [0.3, 0.4) is 0 Å². The third kappa shape index (κ3) is 2.98. The minimum absolute atomic E-state index is 0.0518. The van der Waals surface area contributed by atoms with Gasteiger partial charge in [-0.1, -0.05) is 18.6 Å². The molecule has 2 bridgehead atoms. The van der Waals surface area contributed by atoms with Gasteiger partial charge < -0.3 is 10.1 Å². The van der Waals surface area contributed by atoms with Gasteiger partial charge in [0.1, 0.15) is 5.75 Å². The summed E-state index contributed by atoms with van der Waals surface area (Å²) in [4.78, 5) is 12.5. The molecule has 3 aliphatic carbocycles. The normalized spacial score (nSPS) is 29.9. The second-order valence-electron chi connectivity index (χ2n) is 7.65. The van der Waals surface area contributed by atoms with Gasteiger partial charge in [0.15, 0.2) is 6.10 Å². The molecular formula is C20H27NO2. The van der Waals surface area contributed by atoms with Crippen molar-refractivity contribution in [2.24, 2.45) is 11.8 Å². The monoisotopic (exact) mass is 313 g/mol. The van der Waals surface area contributed by atoms with Gasteiger partial charge in [-0.05, 0) is 80.9 Å². The molecule has 0 radical (unpaired) electrons. The molecule has 0 aliphatic heterocycles. The summed E-state index contributed by atoms with van der Waals surface area (Å²) in [6.45, 7) is 1.88. The number of amides is 1. The highest BCUT2D eigenvalue weighted by Gasteiger charge is 2.40. The van der Waals surface area contributed by atoms with Gasteiger partial charge in [0, 0.05) is 6.04 Å². The standard InChI is InChI=1S/C20H27NO2/c1-13(20(22)21-18-12-14-9-10-16(18)11-14)23-19-8-4-6-15-5-2-3-7-17(15)19/h4,6,8,13-14,16,18H,2-3,5,7,9-12H2,1H3,(H,21,22)/t13-,14+,16+,18-/m0/s1. The van der Waals surface area contributed by atoms with Crippen LogP contribution in [0.5, 0.6) is 5.75 Å². The summed E-state index contributed by atoms with van der Waals surface area (Å²) in [5.74, 6) is 2.53. The Morgan fingerprint density at radius 3 is 2.87 bits per heavy atom. The molecule has 2 saturated carbocycles. The maximum Gasteiger partial charge on any atom is 0.261 e. The molecule has 4 rings (SSSR count). The Kier molecular flexibility index (Phi) is 4.04. The number of carbonyl (C=O) groups is 1. The number of benzene rings is 1. The van der Waals surface area contributed by atoms with Crippen LogP contribution < -0.4 is 10.1 Å². The SMILES string of the molecule is C[C@H](Oc1cccc2c1CCCC2)C(=O)N[C@H]1C[C@@H]2CC[C@@H]1C2. The van der Waals surface area contributed by atoms with Crippen LogP contribution in [0, 0.1) is 11.8 Å². The van der Waals surface area contributed by atoms with Crippen LogP contribution in [0.1, 0.15) is 56.6 Å². The first-order chi connectivity index (χ1) is 11.2. The van der Waals surface area contributed by atoms with E-state index < -0.39 is 6.10 Å². The Morgan fingerprint density at radius 1 is 1.22 bits per heavy atom. The third-order valence-electron chi connectivity index (χ3n) is 6.09. The first-order valence-corrected chi connectivity index (χ1v) is 9.28. The molecule has 2 fully saturated rings. The Hall–Kier alpha value is -1.51. The van der Waals surface area contributed by atoms with Crippen molar-refractivity contribution in [3.05, 3.63) is 29.3 Å². The number of nitrogens with one attached hydrogen (secondary N) is 1. The minimum Gasteiger partial charge on any atom is -0.481 e. The van der Waals surface area contributed by atoms with E-state index in [0.717, 1.165) is 24.5 Å². The topological polar surface area (TPSA) is 38.3 Å². The van der Waals surface area contributed by atoms with Gasteiger partial charge >= 0.3 is 0 Å². The molecule has 23 heavy (non-hydrogen) atoms. The van der Waals surface area contributed by atoms with Crippen molar-refractivity contribution < 1.29 is 9.53 Å². The number of hydrogen-bond acceptors (Lipinski definition) is 2. The van der Waals surface area contributed by atoms with Crippen molar-refractivity contribution in [1.29, 1.82) is 0 Å². The zero-order valence-corrected chi connectivity index (χ0v) is 14.0. The molecule has 1 N–H and O–H groups in total. The Balaban J connectivity index is 1.39. The average Bonchev–Trinajstić information content (AvgIpc) is 3.18. The summed E-state index contributed by atoms with van der Waals surface area (Å²) in [5, 5.41) is 3.25. The molecule has 3 aliphatic rings. The maximum absolute atomic E-state index is 12.5. The van der Waals surface area contributed by atoms with E-state index in [1.165, 1.54) is 49.7 Å². The largest absolute Gasteiger partial charge is 0.481 e. The fourth-order valence-corrected chi connectivity index (χ4v) is 4.82. The van der Waals surface area contributed by atoms with Crippen LogP contribution in [-0.2, 0) is 17.6 Å². The van der Waals surface area contributed by atoms with Gasteiger partial charge in [0.25, 0.3) is 5.91 Å². The number of carbonyl (C=O) groups excluding carboxylic acids is 1. The molecular weight excluding hydrogens is 286 g/mol. The second kappa shape index (κ2) is 6.18. The first kappa shape index (κ1) is 15.0. The molecule has 0 heterocycles. The summed E-state index contributed by atoms with van der Waals surface area (Å²) < 4.78 is 6.05. The summed E-state index contributed by atoms with van der Waals surface area (Å²) in [6.07, 6.45) is 9.41. The molecule has 0 aromatic heterocycles. The van der Waals surface area contributed by atoms with Crippen molar-refractivity contribution in [3.8, 4) is 5.75 Å². The van der Waals surface area contributed by atoms with Crippen LogP contribution in [0.15, 0.2) is 18.2 Å². The second-order valence-corrected chi connectivity index (χ2v) is 7.65. The van der Waals surface area contributed by atoms with Crippen LogP contribution in [-0.4, -0.2) is 18.1 Å². The van der Waals surface area contributed by atoms with Gasteiger partial charge in [-0.2, -0.15) is 0 Å². The quantitative estimate of drug-likeness (QED) is 0.921. The zero-order valence-electron chi connectivity index (χ0n) is 14.0. The number of fused-ring (bicyclic) bond motifs is 3. The zero-order chi connectivity index (χ0) is 15.8. The fraction of sp³-hybridized carbons (Fsp3) is 0.650. The lowest BCUT2D eigenvalue weighted by molar-refractivity contribution is -0.128. The molecule has 3 nitrogen and oxygen atoms in total. The summed E-state index contributed by atoms with van der Waals surface area (Å²) >= 11 is 0. The number of ether oxygens (including phenoxy) is 1. The Bertz CT molecular complexity index is 597. The lowest BCUT2D eigenvalue weighted by atomic mass is 9.91. The highest BCUT2D eigenvalue weighted by Crippen LogP contribution is 2.44. The molecule has 0 unspecified atom stereocenters. The highest BCUT2D eigenvalue weighted by molar-refractivity contribution is 5.81. The van der Waals surface area contributed by atoms with E-state index in [4.69, 9.17) is 4.74 Å². The predicted molar refractivity (Wildman–Crippen MR) is 90.6 cm³/mol. The Labute approximate surface area is 138 Å². The lowest BCUT2D eigenvalue weighted by Gasteiger charge is -2.26. The van der Waals surface area contributed by atoms with E-state index in [1.807, 2.05) is 13.0 Å². The first-order valence-electron chi connectivity index (χ1n) is 9.28. The van der Waals surface area contributed by atoms with E-state index in [-0.39, 0.29) is 5.91 Å². The van der Waals surface area contributed by atoms with Crippen molar-refractivity contribution in [2.75, 3.05) is 0 Å².